The second-order valence-corrected chi connectivity index (χ2v) is 5.90. The highest BCUT2D eigenvalue weighted by molar-refractivity contribution is 5.79. The van der Waals surface area contributed by atoms with Gasteiger partial charge in [0.05, 0.1) is 12.6 Å². The van der Waals surface area contributed by atoms with Crippen LogP contribution in [0.5, 0.6) is 0 Å². The fourth-order valence-electron chi connectivity index (χ4n) is 2.57. The summed E-state index contributed by atoms with van der Waals surface area (Å²) in [7, 11) is 0. The molecule has 0 aromatic heterocycles. The highest BCUT2D eigenvalue weighted by Gasteiger charge is 2.21. The summed E-state index contributed by atoms with van der Waals surface area (Å²) in [5.74, 6) is 0.824. The van der Waals surface area contributed by atoms with Gasteiger partial charge in [-0.25, -0.2) is 0 Å². The number of hydrogen-bond donors (Lipinski definition) is 2. The van der Waals surface area contributed by atoms with Crippen molar-refractivity contribution in [3.63, 3.8) is 0 Å². The van der Waals surface area contributed by atoms with E-state index in [9.17, 15) is 4.79 Å². The quantitative estimate of drug-likeness (QED) is 0.824. The second kappa shape index (κ2) is 7.23. The average Bonchev–Trinajstić information content (AvgIpc) is 3.39. The van der Waals surface area contributed by atoms with E-state index in [-0.39, 0.29) is 11.9 Å². The molecule has 0 atom stereocenters. The van der Waals surface area contributed by atoms with Gasteiger partial charge in [0.15, 0.2) is 0 Å². The molecule has 2 aromatic rings. The van der Waals surface area contributed by atoms with Crippen LogP contribution in [0.4, 0.5) is 0 Å². The van der Waals surface area contributed by atoms with E-state index < -0.39 is 0 Å². The van der Waals surface area contributed by atoms with Crippen molar-refractivity contribution in [2.75, 3.05) is 13.1 Å². The van der Waals surface area contributed by atoms with Gasteiger partial charge in [0.2, 0.25) is 5.91 Å². The third-order valence-corrected chi connectivity index (χ3v) is 3.99. The van der Waals surface area contributed by atoms with Crippen LogP contribution >= 0.6 is 0 Å². The van der Waals surface area contributed by atoms with Crippen LogP contribution in [0.2, 0.25) is 0 Å². The summed E-state index contributed by atoms with van der Waals surface area (Å²) in [4.78, 5) is 12.2. The number of carbonyl (C=O) groups is 1. The van der Waals surface area contributed by atoms with Crippen molar-refractivity contribution in [3.8, 4) is 0 Å². The Morgan fingerprint density at radius 1 is 0.955 bits per heavy atom. The largest absolute Gasteiger partial charge is 0.344 e. The van der Waals surface area contributed by atoms with Crippen LogP contribution in [-0.4, -0.2) is 19.0 Å². The second-order valence-electron chi connectivity index (χ2n) is 5.90. The molecule has 1 aliphatic carbocycles. The lowest BCUT2D eigenvalue weighted by Gasteiger charge is -2.20. The van der Waals surface area contributed by atoms with E-state index in [2.05, 4.69) is 34.9 Å². The van der Waals surface area contributed by atoms with E-state index in [1.165, 1.54) is 12.8 Å². The maximum Gasteiger partial charge on any atom is 0.234 e. The lowest BCUT2D eigenvalue weighted by molar-refractivity contribution is -0.120. The molecule has 114 valence electrons. The van der Waals surface area contributed by atoms with Gasteiger partial charge in [-0.15, -0.1) is 0 Å². The summed E-state index contributed by atoms with van der Waals surface area (Å²) in [5, 5.41) is 6.39. The molecule has 2 N–H and O–H groups in total. The number of benzene rings is 2. The van der Waals surface area contributed by atoms with Gasteiger partial charge >= 0.3 is 0 Å². The lowest BCUT2D eigenvalue weighted by Crippen LogP contribution is -2.37. The van der Waals surface area contributed by atoms with Gasteiger partial charge < -0.3 is 10.6 Å². The molecular formula is C19H22N2O. The van der Waals surface area contributed by atoms with Gasteiger partial charge in [0, 0.05) is 0 Å². The fraction of sp³-hybridized carbons (Fsp3) is 0.316. The van der Waals surface area contributed by atoms with Crippen LogP contribution in [0, 0.1) is 5.92 Å². The van der Waals surface area contributed by atoms with E-state index in [1.54, 1.807) is 0 Å². The van der Waals surface area contributed by atoms with Crippen LogP contribution in [0.1, 0.15) is 30.0 Å². The summed E-state index contributed by atoms with van der Waals surface area (Å²) in [6.45, 7) is 1.33. The number of rotatable bonds is 7. The molecule has 3 nitrogen and oxygen atoms in total. The molecule has 0 heterocycles. The molecule has 0 unspecified atom stereocenters. The molecule has 3 heteroatoms. The van der Waals surface area contributed by atoms with Gasteiger partial charge in [-0.2, -0.15) is 0 Å². The van der Waals surface area contributed by atoms with Crippen LogP contribution in [0.3, 0.4) is 0 Å². The summed E-state index contributed by atoms with van der Waals surface area (Å²) >= 11 is 0. The van der Waals surface area contributed by atoms with E-state index in [0.29, 0.717) is 6.54 Å². The first kappa shape index (κ1) is 14.8. The van der Waals surface area contributed by atoms with Gasteiger partial charge in [0.1, 0.15) is 0 Å². The molecule has 1 amide bonds. The third-order valence-electron chi connectivity index (χ3n) is 3.99. The molecule has 0 spiro atoms. The SMILES string of the molecule is O=C(CNCC1CC1)NC(c1ccccc1)c1ccccc1. The molecule has 0 bridgehead atoms. The first-order valence-electron chi connectivity index (χ1n) is 7.93. The minimum absolute atomic E-state index is 0.0401. The Morgan fingerprint density at radius 2 is 1.50 bits per heavy atom. The molecular weight excluding hydrogens is 272 g/mol. The lowest BCUT2D eigenvalue weighted by atomic mass is 9.99. The zero-order valence-electron chi connectivity index (χ0n) is 12.7. The fourth-order valence-corrected chi connectivity index (χ4v) is 2.57. The highest BCUT2D eigenvalue weighted by atomic mass is 16.1. The molecule has 2 aromatic carbocycles. The zero-order chi connectivity index (χ0) is 15.2. The Balaban J connectivity index is 1.67. The van der Waals surface area contributed by atoms with Crippen molar-refractivity contribution in [1.29, 1.82) is 0 Å². The maximum atomic E-state index is 12.2. The van der Waals surface area contributed by atoms with E-state index in [1.807, 2.05) is 36.4 Å². The minimum atomic E-state index is -0.0994. The van der Waals surface area contributed by atoms with E-state index >= 15 is 0 Å². The van der Waals surface area contributed by atoms with Gasteiger partial charge in [-0.05, 0) is 36.4 Å². The Morgan fingerprint density at radius 3 is 2.00 bits per heavy atom. The normalized spacial score (nSPS) is 14.0. The summed E-state index contributed by atoms with van der Waals surface area (Å²) in [5.41, 5.74) is 2.20. The van der Waals surface area contributed by atoms with Crippen molar-refractivity contribution in [2.24, 2.45) is 5.92 Å². The van der Waals surface area contributed by atoms with Crippen LogP contribution in [-0.2, 0) is 4.79 Å². The molecule has 0 aliphatic heterocycles. The van der Waals surface area contributed by atoms with Crippen molar-refractivity contribution < 1.29 is 4.79 Å². The average molecular weight is 294 g/mol. The first-order chi connectivity index (χ1) is 10.8. The van der Waals surface area contributed by atoms with Crippen molar-refractivity contribution in [1.82, 2.24) is 10.6 Å². The molecule has 0 radical (unpaired) electrons. The number of carbonyl (C=O) groups excluding carboxylic acids is 1. The number of amides is 1. The van der Waals surface area contributed by atoms with E-state index in [4.69, 9.17) is 0 Å². The Labute approximate surface area is 131 Å². The maximum absolute atomic E-state index is 12.2. The smallest absolute Gasteiger partial charge is 0.234 e. The highest BCUT2D eigenvalue weighted by Crippen LogP contribution is 2.27. The van der Waals surface area contributed by atoms with Crippen molar-refractivity contribution in [2.45, 2.75) is 18.9 Å². The first-order valence-corrected chi connectivity index (χ1v) is 7.93. The number of hydrogen-bond acceptors (Lipinski definition) is 2. The van der Waals surface area contributed by atoms with Crippen LogP contribution in [0.25, 0.3) is 0 Å². The van der Waals surface area contributed by atoms with Crippen LogP contribution < -0.4 is 10.6 Å². The third kappa shape index (κ3) is 4.18. The van der Waals surface area contributed by atoms with E-state index in [0.717, 1.165) is 23.6 Å². The predicted octanol–water partition coefficient (Wildman–Crippen LogP) is 2.89. The monoisotopic (exact) mass is 294 g/mol. The van der Waals surface area contributed by atoms with Gasteiger partial charge in [-0.3, -0.25) is 4.79 Å². The molecule has 1 fully saturated rings. The Kier molecular flexibility index (Phi) is 4.86. The van der Waals surface area contributed by atoms with Crippen molar-refractivity contribution >= 4 is 5.91 Å². The Hall–Kier alpha value is -2.13. The molecule has 1 aliphatic rings. The summed E-state index contributed by atoms with van der Waals surface area (Å²) < 4.78 is 0. The summed E-state index contributed by atoms with van der Waals surface area (Å²) in [6, 6.07) is 20.1. The van der Waals surface area contributed by atoms with Gasteiger partial charge in [-0.1, -0.05) is 60.7 Å². The zero-order valence-corrected chi connectivity index (χ0v) is 12.7. The Bertz CT molecular complexity index is 554. The van der Waals surface area contributed by atoms with Crippen molar-refractivity contribution in [3.05, 3.63) is 71.8 Å². The summed E-state index contributed by atoms with van der Waals surface area (Å²) in [6.07, 6.45) is 2.59. The van der Waals surface area contributed by atoms with Crippen LogP contribution in [0.15, 0.2) is 60.7 Å². The molecule has 0 saturated heterocycles. The van der Waals surface area contributed by atoms with Gasteiger partial charge in [0.25, 0.3) is 0 Å². The molecule has 1 saturated carbocycles. The standard InChI is InChI=1S/C19H22N2O/c22-18(14-20-13-15-11-12-15)21-19(16-7-3-1-4-8-16)17-9-5-2-6-10-17/h1-10,15,19-20H,11-14H2,(H,21,22). The molecule has 3 rings (SSSR count). The molecule has 22 heavy (non-hydrogen) atoms. The number of nitrogens with one attached hydrogen (secondary N) is 2. The topological polar surface area (TPSA) is 41.1 Å². The minimum Gasteiger partial charge on any atom is -0.344 e. The predicted molar refractivity (Wildman–Crippen MR) is 88.5 cm³/mol.